The summed E-state index contributed by atoms with van der Waals surface area (Å²) in [6, 6.07) is 11.4. The van der Waals surface area contributed by atoms with Crippen molar-refractivity contribution in [2.75, 3.05) is 0 Å². The third kappa shape index (κ3) is 4.07. The molecule has 0 radical (unpaired) electrons. The van der Waals surface area contributed by atoms with Crippen molar-refractivity contribution >= 4 is 6.09 Å². The number of benzene rings is 1. The lowest BCUT2D eigenvalue weighted by atomic mass is 9.86. The molecule has 2 aliphatic rings. The fraction of sp³-hybridized carbons (Fsp3) is 0.500. The number of hydrogen-bond donors (Lipinski definition) is 2. The van der Waals surface area contributed by atoms with Gasteiger partial charge in [-0.25, -0.2) is 9.78 Å². The first kappa shape index (κ1) is 17.1. The normalized spacial score (nSPS) is 27.7. The molecular formula is C20H26N4O2. The first-order chi connectivity index (χ1) is 12.8. The van der Waals surface area contributed by atoms with Crippen LogP contribution in [0.25, 0.3) is 0 Å². The van der Waals surface area contributed by atoms with E-state index in [0.717, 1.165) is 18.4 Å². The summed E-state index contributed by atoms with van der Waals surface area (Å²) in [5, 5.41) is 6.74. The van der Waals surface area contributed by atoms with Crippen molar-refractivity contribution in [3.05, 3.63) is 54.6 Å². The average molecular weight is 354 g/mol. The fourth-order valence-electron chi connectivity index (χ4n) is 4.06. The minimum absolute atomic E-state index is 0.212. The van der Waals surface area contributed by atoms with Gasteiger partial charge in [-0.3, -0.25) is 0 Å². The molecule has 2 fully saturated rings. The molecule has 0 spiro atoms. The number of nitrogens with zero attached hydrogens (tertiary/aromatic N) is 2. The summed E-state index contributed by atoms with van der Waals surface area (Å²) in [6.45, 7) is 0.315. The molecule has 2 aromatic rings. The first-order valence-corrected chi connectivity index (χ1v) is 9.48. The molecule has 2 unspecified atom stereocenters. The Hall–Kier alpha value is -2.34. The standard InChI is InChI=1S/C20H26N4O2/c25-20(26-13-15-5-2-1-3-6-15)23-17-11-16(12-17)22-18-7-4-8-19(18)24-10-9-21-14-24/h1-3,5-6,9-10,14,16-19,22H,4,7-8,11-13H2,(H,23,25). The lowest BCUT2D eigenvalue weighted by Gasteiger charge is -2.39. The van der Waals surface area contributed by atoms with Crippen LogP contribution in [-0.4, -0.2) is 33.8 Å². The highest BCUT2D eigenvalue weighted by Crippen LogP contribution is 2.32. The molecule has 0 aliphatic heterocycles. The SMILES string of the molecule is O=C(NC1CC(NC2CCCC2n2ccnc2)C1)OCc1ccccc1. The van der Waals surface area contributed by atoms with Crippen molar-refractivity contribution in [2.45, 2.75) is 62.9 Å². The van der Waals surface area contributed by atoms with Crippen LogP contribution in [0.4, 0.5) is 4.79 Å². The molecule has 1 amide bonds. The molecule has 26 heavy (non-hydrogen) atoms. The van der Waals surface area contributed by atoms with Gasteiger partial charge in [-0.2, -0.15) is 0 Å². The van der Waals surface area contributed by atoms with Gasteiger partial charge in [0.25, 0.3) is 0 Å². The number of amides is 1. The van der Waals surface area contributed by atoms with Gasteiger partial charge in [0.15, 0.2) is 0 Å². The largest absolute Gasteiger partial charge is 0.445 e. The summed E-state index contributed by atoms with van der Waals surface area (Å²) >= 11 is 0. The van der Waals surface area contributed by atoms with Gasteiger partial charge in [-0.05, 0) is 37.7 Å². The summed E-state index contributed by atoms with van der Waals surface area (Å²) in [5.74, 6) is 0. The van der Waals surface area contributed by atoms with Gasteiger partial charge in [0.2, 0.25) is 0 Å². The van der Waals surface area contributed by atoms with Crippen LogP contribution in [0.5, 0.6) is 0 Å². The number of nitrogens with one attached hydrogen (secondary N) is 2. The summed E-state index contributed by atoms with van der Waals surface area (Å²) in [6.07, 6.45) is 11.1. The fourth-order valence-corrected chi connectivity index (χ4v) is 4.06. The van der Waals surface area contributed by atoms with Crippen LogP contribution in [0.2, 0.25) is 0 Å². The third-order valence-electron chi connectivity index (χ3n) is 5.51. The highest BCUT2D eigenvalue weighted by molar-refractivity contribution is 5.67. The lowest BCUT2D eigenvalue weighted by Crippen LogP contribution is -2.55. The molecule has 6 heteroatoms. The van der Waals surface area contributed by atoms with Crippen LogP contribution in [0.15, 0.2) is 49.1 Å². The Morgan fingerprint density at radius 3 is 2.81 bits per heavy atom. The smallest absolute Gasteiger partial charge is 0.407 e. The zero-order valence-electron chi connectivity index (χ0n) is 14.9. The minimum atomic E-state index is -0.325. The number of hydrogen-bond acceptors (Lipinski definition) is 4. The Bertz CT molecular complexity index is 698. The van der Waals surface area contributed by atoms with Gasteiger partial charge < -0.3 is 19.9 Å². The Morgan fingerprint density at radius 2 is 2.04 bits per heavy atom. The van der Waals surface area contributed by atoms with Gasteiger partial charge in [0.1, 0.15) is 6.61 Å². The van der Waals surface area contributed by atoms with E-state index in [1.54, 1.807) is 0 Å². The molecule has 138 valence electrons. The predicted octanol–water partition coefficient (Wildman–Crippen LogP) is 3.02. The monoisotopic (exact) mass is 354 g/mol. The molecule has 0 bridgehead atoms. The van der Waals surface area contributed by atoms with Gasteiger partial charge in [0, 0.05) is 36.6 Å². The number of carbonyl (C=O) groups excluding carboxylic acids is 1. The molecule has 2 saturated carbocycles. The molecule has 1 heterocycles. The van der Waals surface area contributed by atoms with E-state index in [9.17, 15) is 4.79 Å². The second-order valence-corrected chi connectivity index (χ2v) is 7.35. The van der Waals surface area contributed by atoms with E-state index in [1.165, 1.54) is 19.3 Å². The van der Waals surface area contributed by atoms with Crippen LogP contribution in [0, 0.1) is 0 Å². The number of ether oxygens (including phenoxy) is 1. The first-order valence-electron chi connectivity index (χ1n) is 9.48. The third-order valence-corrected chi connectivity index (χ3v) is 5.51. The Labute approximate surface area is 154 Å². The van der Waals surface area contributed by atoms with Gasteiger partial charge in [-0.1, -0.05) is 30.3 Å². The number of imidazole rings is 1. The maximum absolute atomic E-state index is 11.9. The summed E-state index contributed by atoms with van der Waals surface area (Å²) in [7, 11) is 0. The van der Waals surface area contributed by atoms with Crippen LogP contribution in [0.1, 0.15) is 43.7 Å². The van der Waals surface area contributed by atoms with Crippen LogP contribution in [-0.2, 0) is 11.3 Å². The summed E-state index contributed by atoms with van der Waals surface area (Å²) in [4.78, 5) is 16.1. The minimum Gasteiger partial charge on any atom is -0.445 e. The molecular weight excluding hydrogens is 328 g/mol. The Morgan fingerprint density at radius 1 is 1.19 bits per heavy atom. The topological polar surface area (TPSA) is 68.2 Å². The average Bonchev–Trinajstić information content (AvgIpc) is 3.30. The van der Waals surface area contributed by atoms with E-state index in [0.29, 0.717) is 24.7 Å². The van der Waals surface area contributed by atoms with E-state index >= 15 is 0 Å². The summed E-state index contributed by atoms with van der Waals surface area (Å²) < 4.78 is 7.51. The quantitative estimate of drug-likeness (QED) is 0.837. The van der Waals surface area contributed by atoms with Crippen molar-refractivity contribution in [3.8, 4) is 0 Å². The maximum Gasteiger partial charge on any atom is 0.407 e. The van der Waals surface area contributed by atoms with E-state index in [2.05, 4.69) is 26.4 Å². The van der Waals surface area contributed by atoms with Gasteiger partial charge >= 0.3 is 6.09 Å². The molecule has 6 nitrogen and oxygen atoms in total. The molecule has 2 atom stereocenters. The van der Waals surface area contributed by atoms with Crippen molar-refractivity contribution in [1.82, 2.24) is 20.2 Å². The molecule has 4 rings (SSSR count). The molecule has 2 N–H and O–H groups in total. The molecule has 1 aromatic carbocycles. The second-order valence-electron chi connectivity index (χ2n) is 7.35. The summed E-state index contributed by atoms with van der Waals surface area (Å²) in [5.41, 5.74) is 1.00. The maximum atomic E-state index is 11.9. The zero-order valence-corrected chi connectivity index (χ0v) is 14.9. The van der Waals surface area contributed by atoms with Crippen LogP contribution in [0.3, 0.4) is 0 Å². The van der Waals surface area contributed by atoms with E-state index < -0.39 is 0 Å². The van der Waals surface area contributed by atoms with Crippen molar-refractivity contribution in [2.24, 2.45) is 0 Å². The van der Waals surface area contributed by atoms with Crippen molar-refractivity contribution < 1.29 is 9.53 Å². The number of carbonyl (C=O) groups is 1. The van der Waals surface area contributed by atoms with Crippen molar-refractivity contribution in [3.63, 3.8) is 0 Å². The van der Waals surface area contributed by atoms with Crippen LogP contribution >= 0.6 is 0 Å². The highest BCUT2D eigenvalue weighted by Gasteiger charge is 2.36. The van der Waals surface area contributed by atoms with Gasteiger partial charge in [0.05, 0.1) is 6.33 Å². The molecule has 1 aromatic heterocycles. The van der Waals surface area contributed by atoms with Crippen LogP contribution < -0.4 is 10.6 Å². The molecule has 2 aliphatic carbocycles. The van der Waals surface area contributed by atoms with E-state index in [4.69, 9.17) is 4.74 Å². The Balaban J connectivity index is 1.17. The van der Waals surface area contributed by atoms with E-state index in [-0.39, 0.29) is 12.1 Å². The number of aromatic nitrogens is 2. The Kier molecular flexibility index (Phi) is 5.20. The zero-order chi connectivity index (χ0) is 17.8. The highest BCUT2D eigenvalue weighted by atomic mass is 16.5. The lowest BCUT2D eigenvalue weighted by molar-refractivity contribution is 0.123. The second kappa shape index (κ2) is 7.91. The van der Waals surface area contributed by atoms with Gasteiger partial charge in [-0.15, -0.1) is 0 Å². The number of rotatable bonds is 6. The predicted molar refractivity (Wildman–Crippen MR) is 98.6 cm³/mol. The number of alkyl carbamates (subject to hydrolysis) is 1. The molecule has 0 saturated heterocycles. The van der Waals surface area contributed by atoms with Crippen molar-refractivity contribution in [1.29, 1.82) is 0 Å². The van der Waals surface area contributed by atoms with E-state index in [1.807, 2.05) is 42.9 Å².